The van der Waals surface area contributed by atoms with Crippen molar-refractivity contribution in [1.29, 1.82) is 0 Å². The van der Waals surface area contributed by atoms with Crippen LogP contribution in [0.5, 0.6) is 5.75 Å². The maximum Gasteiger partial charge on any atom is 0.306 e. The summed E-state index contributed by atoms with van der Waals surface area (Å²) in [6, 6.07) is 4.01. The van der Waals surface area contributed by atoms with E-state index in [0.717, 1.165) is 29.5 Å². The summed E-state index contributed by atoms with van der Waals surface area (Å²) in [6.45, 7) is 16.4. The molecule has 0 atom stereocenters. The standard InChI is InChI=1S/C23H34O3/c1-8-9-10-13-20(24)26-14-11-12-17-15-18(22(2,3)4)21(25)19(16-17)23(5,6)7/h8,11-12,15-16,25H,1,9-10,13-14H2,2-7H3. The van der Waals surface area contributed by atoms with Crippen molar-refractivity contribution in [3.05, 3.63) is 47.6 Å². The monoisotopic (exact) mass is 358 g/mol. The van der Waals surface area contributed by atoms with Crippen molar-refractivity contribution in [2.45, 2.75) is 71.6 Å². The lowest BCUT2D eigenvalue weighted by Gasteiger charge is -2.27. The number of esters is 1. The molecule has 0 spiro atoms. The van der Waals surface area contributed by atoms with Crippen molar-refractivity contribution in [2.75, 3.05) is 6.61 Å². The van der Waals surface area contributed by atoms with Crippen LogP contribution in [0.25, 0.3) is 6.08 Å². The first kappa shape index (κ1) is 22.0. The van der Waals surface area contributed by atoms with Crippen LogP contribution in [0.2, 0.25) is 0 Å². The third-order valence-electron chi connectivity index (χ3n) is 4.19. The number of hydrogen-bond donors (Lipinski definition) is 1. The smallest absolute Gasteiger partial charge is 0.306 e. The van der Waals surface area contributed by atoms with Gasteiger partial charge in [0.2, 0.25) is 0 Å². The maximum absolute atomic E-state index is 11.6. The summed E-state index contributed by atoms with van der Waals surface area (Å²) in [5, 5.41) is 10.7. The molecule has 0 aliphatic rings. The quantitative estimate of drug-likeness (QED) is 0.375. The molecule has 0 bridgehead atoms. The minimum atomic E-state index is -0.187. The van der Waals surface area contributed by atoms with Crippen molar-refractivity contribution in [1.82, 2.24) is 0 Å². The van der Waals surface area contributed by atoms with Gasteiger partial charge in [0.25, 0.3) is 0 Å². The normalized spacial score (nSPS) is 12.4. The van der Waals surface area contributed by atoms with Crippen molar-refractivity contribution >= 4 is 12.0 Å². The number of benzene rings is 1. The Morgan fingerprint density at radius 2 is 1.65 bits per heavy atom. The van der Waals surface area contributed by atoms with Crippen LogP contribution < -0.4 is 0 Å². The molecule has 1 aromatic carbocycles. The predicted molar refractivity (Wildman–Crippen MR) is 110 cm³/mol. The fraction of sp³-hybridized carbons (Fsp3) is 0.522. The van der Waals surface area contributed by atoms with Gasteiger partial charge in [0.05, 0.1) is 0 Å². The molecule has 1 N–H and O–H groups in total. The maximum atomic E-state index is 11.6. The molecule has 0 saturated carbocycles. The third-order valence-corrected chi connectivity index (χ3v) is 4.19. The highest BCUT2D eigenvalue weighted by molar-refractivity contribution is 5.69. The Morgan fingerprint density at radius 3 is 2.12 bits per heavy atom. The lowest BCUT2D eigenvalue weighted by molar-refractivity contribution is -0.142. The zero-order valence-electron chi connectivity index (χ0n) is 17.2. The molecule has 0 aromatic heterocycles. The molecular weight excluding hydrogens is 324 g/mol. The van der Waals surface area contributed by atoms with E-state index in [4.69, 9.17) is 4.74 Å². The minimum Gasteiger partial charge on any atom is -0.507 e. The van der Waals surface area contributed by atoms with Crippen LogP contribution >= 0.6 is 0 Å². The fourth-order valence-corrected chi connectivity index (χ4v) is 2.68. The summed E-state index contributed by atoms with van der Waals surface area (Å²) in [5.74, 6) is 0.184. The first-order chi connectivity index (χ1) is 12.0. The van der Waals surface area contributed by atoms with Crippen LogP contribution in [0, 0.1) is 0 Å². The number of aromatic hydroxyl groups is 1. The van der Waals surface area contributed by atoms with E-state index in [-0.39, 0.29) is 23.4 Å². The molecule has 26 heavy (non-hydrogen) atoms. The van der Waals surface area contributed by atoms with E-state index < -0.39 is 0 Å². The fourth-order valence-electron chi connectivity index (χ4n) is 2.68. The molecule has 0 fully saturated rings. The Bertz CT molecular complexity index is 620. The van der Waals surface area contributed by atoms with E-state index in [1.807, 2.05) is 24.3 Å². The van der Waals surface area contributed by atoms with Gasteiger partial charge in [0, 0.05) is 17.5 Å². The molecular formula is C23H34O3. The molecule has 0 aliphatic carbocycles. The molecule has 0 unspecified atom stereocenters. The lowest BCUT2D eigenvalue weighted by atomic mass is 9.78. The van der Waals surface area contributed by atoms with Gasteiger partial charge in [-0.05, 0) is 47.4 Å². The Kier molecular flexibility index (Phi) is 7.68. The van der Waals surface area contributed by atoms with Gasteiger partial charge in [-0.15, -0.1) is 6.58 Å². The Labute approximate surface area is 158 Å². The van der Waals surface area contributed by atoms with Crippen LogP contribution in [-0.4, -0.2) is 17.7 Å². The minimum absolute atomic E-state index is 0.161. The summed E-state index contributed by atoms with van der Waals surface area (Å²) in [5.41, 5.74) is 2.52. The second-order valence-corrected chi connectivity index (χ2v) is 8.73. The SMILES string of the molecule is C=CCCCC(=O)OCC=Cc1cc(C(C)(C)C)c(O)c(C(C)(C)C)c1. The van der Waals surface area contributed by atoms with Gasteiger partial charge >= 0.3 is 5.97 Å². The average Bonchev–Trinajstić information content (AvgIpc) is 2.50. The molecule has 0 amide bonds. The van der Waals surface area contributed by atoms with Gasteiger partial charge in [0.1, 0.15) is 12.4 Å². The van der Waals surface area contributed by atoms with Crippen LogP contribution in [-0.2, 0) is 20.4 Å². The molecule has 0 radical (unpaired) electrons. The van der Waals surface area contributed by atoms with E-state index >= 15 is 0 Å². The Balaban J connectivity index is 2.92. The predicted octanol–water partition coefficient (Wildman–Crippen LogP) is 5.90. The first-order valence-corrected chi connectivity index (χ1v) is 9.28. The molecule has 0 heterocycles. The summed E-state index contributed by atoms with van der Waals surface area (Å²) < 4.78 is 5.22. The number of carbonyl (C=O) groups excluding carboxylic acids is 1. The van der Waals surface area contributed by atoms with Crippen LogP contribution in [0.3, 0.4) is 0 Å². The van der Waals surface area contributed by atoms with Crippen LogP contribution in [0.1, 0.15) is 77.5 Å². The summed E-state index contributed by atoms with van der Waals surface area (Å²) in [6.07, 6.45) is 7.61. The van der Waals surface area contributed by atoms with Gasteiger partial charge < -0.3 is 9.84 Å². The van der Waals surface area contributed by atoms with Crippen LogP contribution in [0.4, 0.5) is 0 Å². The largest absolute Gasteiger partial charge is 0.507 e. The highest BCUT2D eigenvalue weighted by Crippen LogP contribution is 2.39. The number of carbonyl (C=O) groups is 1. The number of rotatable bonds is 7. The number of unbranched alkanes of at least 4 members (excludes halogenated alkanes) is 1. The Morgan fingerprint density at radius 1 is 1.12 bits per heavy atom. The van der Waals surface area contributed by atoms with Crippen LogP contribution in [0.15, 0.2) is 30.9 Å². The van der Waals surface area contributed by atoms with E-state index in [9.17, 15) is 9.90 Å². The zero-order chi connectivity index (χ0) is 20.0. The molecule has 0 saturated heterocycles. The van der Waals surface area contributed by atoms with E-state index in [0.29, 0.717) is 12.2 Å². The van der Waals surface area contributed by atoms with Gasteiger partial charge in [0.15, 0.2) is 0 Å². The topological polar surface area (TPSA) is 46.5 Å². The highest BCUT2D eigenvalue weighted by Gasteiger charge is 2.26. The molecule has 1 aromatic rings. The number of ether oxygens (including phenoxy) is 1. The zero-order valence-corrected chi connectivity index (χ0v) is 17.2. The molecule has 3 nitrogen and oxygen atoms in total. The number of phenols is 1. The summed E-state index contributed by atoms with van der Waals surface area (Å²) in [7, 11) is 0. The van der Waals surface area contributed by atoms with Crippen molar-refractivity contribution in [3.8, 4) is 5.75 Å². The Hall–Kier alpha value is -2.03. The molecule has 144 valence electrons. The molecule has 3 heteroatoms. The molecule has 0 aliphatic heterocycles. The van der Waals surface area contributed by atoms with E-state index in [1.54, 1.807) is 6.08 Å². The van der Waals surface area contributed by atoms with Gasteiger partial charge in [-0.25, -0.2) is 0 Å². The number of phenolic OH excluding ortho intramolecular Hbond substituents is 1. The van der Waals surface area contributed by atoms with Crippen molar-refractivity contribution < 1.29 is 14.6 Å². The van der Waals surface area contributed by atoms with Gasteiger partial charge in [-0.2, -0.15) is 0 Å². The van der Waals surface area contributed by atoms with Crippen molar-refractivity contribution in [2.24, 2.45) is 0 Å². The number of allylic oxidation sites excluding steroid dienone is 1. The first-order valence-electron chi connectivity index (χ1n) is 9.28. The summed E-state index contributed by atoms with van der Waals surface area (Å²) >= 11 is 0. The summed E-state index contributed by atoms with van der Waals surface area (Å²) in [4.78, 5) is 11.6. The van der Waals surface area contributed by atoms with E-state index in [1.165, 1.54) is 0 Å². The second kappa shape index (κ2) is 9.07. The van der Waals surface area contributed by atoms with E-state index in [2.05, 4.69) is 48.1 Å². The highest BCUT2D eigenvalue weighted by atomic mass is 16.5. The van der Waals surface area contributed by atoms with Gasteiger partial charge in [-0.3, -0.25) is 4.79 Å². The molecule has 1 rings (SSSR count). The lowest BCUT2D eigenvalue weighted by Crippen LogP contribution is -2.17. The van der Waals surface area contributed by atoms with Crippen molar-refractivity contribution in [3.63, 3.8) is 0 Å². The third kappa shape index (κ3) is 6.70. The number of hydrogen-bond acceptors (Lipinski definition) is 3. The van der Waals surface area contributed by atoms with Gasteiger partial charge in [-0.1, -0.05) is 53.7 Å². The second-order valence-electron chi connectivity index (χ2n) is 8.73. The average molecular weight is 359 g/mol.